The van der Waals surface area contributed by atoms with Crippen molar-refractivity contribution in [1.82, 2.24) is 4.98 Å². The van der Waals surface area contributed by atoms with E-state index in [0.29, 0.717) is 16.0 Å². The van der Waals surface area contributed by atoms with Crippen LogP contribution in [0.15, 0.2) is 24.4 Å². The molecule has 0 fully saturated rings. The zero-order chi connectivity index (χ0) is 13.5. The molecule has 6 heteroatoms. The van der Waals surface area contributed by atoms with Gasteiger partial charge in [0.1, 0.15) is 5.25 Å². The van der Waals surface area contributed by atoms with Gasteiger partial charge in [0, 0.05) is 33.9 Å². The molecule has 0 amide bonds. The zero-order valence-electron chi connectivity index (χ0n) is 9.90. The predicted octanol–water partition coefficient (Wildman–Crippen LogP) is 2.44. The van der Waals surface area contributed by atoms with Gasteiger partial charge in [-0.3, -0.25) is 4.79 Å². The van der Waals surface area contributed by atoms with Gasteiger partial charge in [-0.15, -0.1) is 0 Å². The lowest BCUT2D eigenvalue weighted by molar-refractivity contribution is 0.0993. The minimum atomic E-state index is -3.40. The van der Waals surface area contributed by atoms with Crippen molar-refractivity contribution < 1.29 is 13.2 Å². The third kappa shape index (κ3) is 2.28. The number of H-pyrrole nitrogens is 1. The van der Waals surface area contributed by atoms with E-state index in [0.717, 1.165) is 11.8 Å². The second-order valence-corrected chi connectivity index (χ2v) is 7.03. The maximum atomic E-state index is 12.1. The van der Waals surface area contributed by atoms with E-state index < -0.39 is 20.9 Å². The van der Waals surface area contributed by atoms with Crippen LogP contribution in [0.1, 0.15) is 17.3 Å². The van der Waals surface area contributed by atoms with Gasteiger partial charge in [0.25, 0.3) is 0 Å². The van der Waals surface area contributed by atoms with E-state index in [-0.39, 0.29) is 0 Å². The molecule has 0 aliphatic heterocycles. The molecule has 1 heterocycles. The van der Waals surface area contributed by atoms with Crippen LogP contribution in [0.4, 0.5) is 0 Å². The van der Waals surface area contributed by atoms with Gasteiger partial charge in [-0.05, 0) is 25.1 Å². The highest BCUT2D eigenvalue weighted by molar-refractivity contribution is 7.92. The highest BCUT2D eigenvalue weighted by atomic mass is 35.5. The van der Waals surface area contributed by atoms with E-state index in [2.05, 4.69) is 4.98 Å². The predicted molar refractivity (Wildman–Crippen MR) is 71.9 cm³/mol. The van der Waals surface area contributed by atoms with Crippen LogP contribution in [0.3, 0.4) is 0 Å². The van der Waals surface area contributed by atoms with Crippen molar-refractivity contribution in [3.8, 4) is 0 Å². The van der Waals surface area contributed by atoms with Gasteiger partial charge in [-0.2, -0.15) is 0 Å². The Morgan fingerprint density at radius 2 is 2.06 bits per heavy atom. The lowest BCUT2D eigenvalue weighted by Crippen LogP contribution is -2.26. The van der Waals surface area contributed by atoms with Gasteiger partial charge >= 0.3 is 0 Å². The number of carbonyl (C=O) groups excluding carboxylic acids is 1. The van der Waals surface area contributed by atoms with E-state index in [1.165, 1.54) is 13.1 Å². The molecular weight excluding hydrogens is 274 g/mol. The first-order valence-electron chi connectivity index (χ1n) is 5.30. The van der Waals surface area contributed by atoms with E-state index in [9.17, 15) is 13.2 Å². The van der Waals surface area contributed by atoms with Crippen LogP contribution < -0.4 is 0 Å². The zero-order valence-corrected chi connectivity index (χ0v) is 11.5. The summed E-state index contributed by atoms with van der Waals surface area (Å²) in [5.41, 5.74) is 1.11. The van der Waals surface area contributed by atoms with Gasteiger partial charge in [-0.1, -0.05) is 11.6 Å². The Labute approximate surface area is 110 Å². The fourth-order valence-electron chi connectivity index (χ4n) is 1.71. The first-order valence-corrected chi connectivity index (χ1v) is 7.63. The molecule has 0 aliphatic carbocycles. The maximum Gasteiger partial charge on any atom is 0.182 e. The van der Waals surface area contributed by atoms with Crippen LogP contribution in [0.25, 0.3) is 10.9 Å². The summed E-state index contributed by atoms with van der Waals surface area (Å²) >= 11 is 5.88. The fourth-order valence-corrected chi connectivity index (χ4v) is 2.40. The third-order valence-electron chi connectivity index (χ3n) is 2.92. The van der Waals surface area contributed by atoms with E-state index in [1.807, 2.05) is 0 Å². The quantitative estimate of drug-likeness (QED) is 0.881. The number of fused-ring (bicyclic) bond motifs is 1. The van der Waals surface area contributed by atoms with Gasteiger partial charge in [0.15, 0.2) is 15.6 Å². The molecule has 1 unspecified atom stereocenters. The number of hydrogen-bond acceptors (Lipinski definition) is 3. The standard InChI is InChI=1S/C12H12ClNO3S/c1-7(18(2,16)17)12(15)10-6-14-11-4-3-8(13)5-9(10)11/h3-7,14H,1-2H3. The number of rotatable bonds is 3. The number of benzene rings is 1. The van der Waals surface area contributed by atoms with Crippen LogP contribution >= 0.6 is 11.6 Å². The number of nitrogens with one attached hydrogen (secondary N) is 1. The number of carbonyl (C=O) groups is 1. The Kier molecular flexibility index (Phi) is 3.21. The molecule has 1 N–H and O–H groups in total. The van der Waals surface area contributed by atoms with Gasteiger partial charge < -0.3 is 4.98 Å². The lowest BCUT2D eigenvalue weighted by atomic mass is 10.1. The molecule has 2 rings (SSSR count). The van der Waals surface area contributed by atoms with E-state index >= 15 is 0 Å². The summed E-state index contributed by atoms with van der Waals surface area (Å²) in [5, 5.41) is 0.0849. The number of Topliss-reactive ketones (excluding diaryl/α,β-unsaturated/α-hetero) is 1. The topological polar surface area (TPSA) is 67.0 Å². The lowest BCUT2D eigenvalue weighted by Gasteiger charge is -2.07. The normalized spacial score (nSPS) is 13.7. The minimum absolute atomic E-state index is 0.352. The molecule has 0 saturated heterocycles. The Morgan fingerprint density at radius 3 is 2.67 bits per heavy atom. The molecule has 4 nitrogen and oxygen atoms in total. The first kappa shape index (κ1) is 13.1. The summed E-state index contributed by atoms with van der Waals surface area (Å²) in [6, 6.07) is 5.10. The van der Waals surface area contributed by atoms with Crippen LogP contribution in [0.5, 0.6) is 0 Å². The summed E-state index contributed by atoms with van der Waals surface area (Å²) in [6.45, 7) is 1.39. The Bertz CT molecular complexity index is 718. The summed E-state index contributed by atoms with van der Waals surface area (Å²) in [6.07, 6.45) is 2.57. The Balaban J connectivity index is 2.55. The van der Waals surface area contributed by atoms with Crippen molar-refractivity contribution in [2.24, 2.45) is 0 Å². The smallest absolute Gasteiger partial charge is 0.182 e. The van der Waals surface area contributed by atoms with E-state index in [4.69, 9.17) is 11.6 Å². The molecule has 0 bridgehead atoms. The van der Waals surface area contributed by atoms with Gasteiger partial charge in [0.05, 0.1) is 0 Å². The third-order valence-corrected chi connectivity index (χ3v) is 4.65. The van der Waals surface area contributed by atoms with E-state index in [1.54, 1.807) is 18.2 Å². The summed E-state index contributed by atoms with van der Waals surface area (Å²) < 4.78 is 22.8. The molecule has 96 valence electrons. The second-order valence-electron chi connectivity index (χ2n) is 4.23. The molecule has 0 saturated carbocycles. The number of sulfone groups is 1. The second kappa shape index (κ2) is 4.40. The molecule has 0 radical (unpaired) electrons. The van der Waals surface area contributed by atoms with Crippen LogP contribution in [0.2, 0.25) is 5.02 Å². The SMILES string of the molecule is CC(C(=O)c1c[nH]c2ccc(Cl)cc12)S(C)(=O)=O. The number of halogens is 1. The number of aromatic amines is 1. The molecule has 18 heavy (non-hydrogen) atoms. The molecule has 2 aromatic rings. The van der Waals surface area contributed by atoms with Crippen molar-refractivity contribution in [3.63, 3.8) is 0 Å². The molecule has 0 spiro atoms. The summed E-state index contributed by atoms with van der Waals surface area (Å²) in [5.74, 6) is -0.425. The van der Waals surface area contributed by atoms with Crippen molar-refractivity contribution in [2.75, 3.05) is 6.26 Å². The molecular formula is C12H12ClNO3S. The van der Waals surface area contributed by atoms with Crippen LogP contribution in [0, 0.1) is 0 Å². The van der Waals surface area contributed by atoms with Crippen molar-refractivity contribution >= 4 is 38.1 Å². The molecule has 1 aromatic heterocycles. The van der Waals surface area contributed by atoms with Gasteiger partial charge in [0.2, 0.25) is 0 Å². The minimum Gasteiger partial charge on any atom is -0.360 e. The summed E-state index contributed by atoms with van der Waals surface area (Å²) in [4.78, 5) is 15.1. The Morgan fingerprint density at radius 1 is 1.39 bits per heavy atom. The number of hydrogen-bond donors (Lipinski definition) is 1. The van der Waals surface area contributed by atoms with Crippen molar-refractivity contribution in [3.05, 3.63) is 35.0 Å². The van der Waals surface area contributed by atoms with Crippen molar-refractivity contribution in [2.45, 2.75) is 12.2 Å². The molecule has 1 aromatic carbocycles. The van der Waals surface area contributed by atoms with Crippen LogP contribution in [-0.4, -0.2) is 30.7 Å². The first-order chi connectivity index (χ1) is 8.30. The molecule has 0 aliphatic rings. The highest BCUT2D eigenvalue weighted by Gasteiger charge is 2.26. The molecule has 1 atom stereocenters. The highest BCUT2D eigenvalue weighted by Crippen LogP contribution is 2.24. The van der Waals surface area contributed by atoms with Crippen molar-refractivity contribution in [1.29, 1.82) is 0 Å². The fraction of sp³-hybridized carbons (Fsp3) is 0.250. The largest absolute Gasteiger partial charge is 0.360 e. The number of aromatic nitrogens is 1. The van der Waals surface area contributed by atoms with Gasteiger partial charge in [-0.25, -0.2) is 8.42 Å². The Hall–Kier alpha value is -1.33. The monoisotopic (exact) mass is 285 g/mol. The average Bonchev–Trinajstić information content (AvgIpc) is 2.68. The van der Waals surface area contributed by atoms with Crippen LogP contribution in [-0.2, 0) is 9.84 Å². The summed E-state index contributed by atoms with van der Waals surface area (Å²) in [7, 11) is -3.40. The average molecular weight is 286 g/mol. The maximum absolute atomic E-state index is 12.1. The number of ketones is 1.